The van der Waals surface area contributed by atoms with Gasteiger partial charge in [0.25, 0.3) is 5.91 Å². The van der Waals surface area contributed by atoms with Gasteiger partial charge in [0.05, 0.1) is 12.2 Å². The molecule has 0 aliphatic rings. The van der Waals surface area contributed by atoms with E-state index < -0.39 is 17.9 Å². The number of nitrogens with one attached hydrogen (secondary N) is 1. The molecule has 0 radical (unpaired) electrons. The second kappa shape index (κ2) is 6.51. The molecule has 1 heterocycles. The summed E-state index contributed by atoms with van der Waals surface area (Å²) in [5.41, 5.74) is 0.0489. The summed E-state index contributed by atoms with van der Waals surface area (Å²) in [5, 5.41) is 9.34. The predicted molar refractivity (Wildman–Crippen MR) is 65.6 cm³/mol. The lowest BCUT2D eigenvalue weighted by Gasteiger charge is -2.12. The number of amides is 1. The van der Waals surface area contributed by atoms with Crippen LogP contribution in [-0.4, -0.2) is 34.7 Å². The summed E-state index contributed by atoms with van der Waals surface area (Å²) in [6.07, 6.45) is 0. The molecule has 0 fully saturated rings. The highest BCUT2D eigenvalue weighted by Gasteiger charge is 2.20. The maximum atomic E-state index is 11.8. The van der Waals surface area contributed by atoms with Gasteiger partial charge in [-0.25, -0.2) is 4.79 Å². The second-order valence-electron chi connectivity index (χ2n) is 3.32. The number of hydrogen-bond acceptors (Lipinski definition) is 5. The van der Waals surface area contributed by atoms with Crippen LogP contribution in [0.25, 0.3) is 0 Å². The molecule has 0 spiro atoms. The SMILES string of the molecule is CCOC(=O)C(C)NC(=O)c1cc(Cl)nnc1Cl. The molecule has 1 rings (SSSR count). The molecule has 0 saturated heterocycles. The van der Waals surface area contributed by atoms with E-state index in [9.17, 15) is 9.59 Å². The van der Waals surface area contributed by atoms with E-state index in [0.29, 0.717) is 0 Å². The molecule has 6 nitrogen and oxygen atoms in total. The van der Waals surface area contributed by atoms with Crippen molar-refractivity contribution in [3.05, 3.63) is 21.9 Å². The molecule has 0 aromatic carbocycles. The van der Waals surface area contributed by atoms with Gasteiger partial charge in [-0.3, -0.25) is 4.79 Å². The summed E-state index contributed by atoms with van der Waals surface area (Å²) in [6.45, 7) is 3.42. The average Bonchev–Trinajstić information content (AvgIpc) is 2.32. The summed E-state index contributed by atoms with van der Waals surface area (Å²) >= 11 is 11.3. The molecule has 18 heavy (non-hydrogen) atoms. The normalized spacial score (nSPS) is 11.8. The number of carbonyl (C=O) groups excluding carboxylic acids is 2. The number of carbonyl (C=O) groups is 2. The van der Waals surface area contributed by atoms with E-state index in [-0.39, 0.29) is 22.5 Å². The van der Waals surface area contributed by atoms with E-state index in [1.54, 1.807) is 6.92 Å². The molecule has 8 heteroatoms. The zero-order valence-corrected chi connectivity index (χ0v) is 11.2. The highest BCUT2D eigenvalue weighted by atomic mass is 35.5. The monoisotopic (exact) mass is 291 g/mol. The zero-order valence-electron chi connectivity index (χ0n) is 9.74. The van der Waals surface area contributed by atoms with Crippen LogP contribution >= 0.6 is 23.2 Å². The molecule has 0 aliphatic heterocycles. The highest BCUT2D eigenvalue weighted by molar-refractivity contribution is 6.34. The Hall–Kier alpha value is -1.40. The average molecular weight is 292 g/mol. The van der Waals surface area contributed by atoms with Crippen LogP contribution in [0.1, 0.15) is 24.2 Å². The second-order valence-corrected chi connectivity index (χ2v) is 4.06. The zero-order chi connectivity index (χ0) is 13.7. The smallest absolute Gasteiger partial charge is 0.328 e. The lowest BCUT2D eigenvalue weighted by Crippen LogP contribution is -2.39. The molecule has 1 atom stereocenters. The number of esters is 1. The number of aromatic nitrogens is 2. The first kappa shape index (κ1) is 14.7. The van der Waals surface area contributed by atoms with E-state index >= 15 is 0 Å². The third kappa shape index (κ3) is 3.82. The minimum atomic E-state index is -0.791. The summed E-state index contributed by atoms with van der Waals surface area (Å²) in [5.74, 6) is -1.10. The minimum Gasteiger partial charge on any atom is -0.464 e. The topological polar surface area (TPSA) is 81.2 Å². The Morgan fingerprint density at radius 3 is 2.72 bits per heavy atom. The van der Waals surface area contributed by atoms with Crippen molar-refractivity contribution in [3.8, 4) is 0 Å². The molecular formula is C10H11Cl2N3O3. The fraction of sp³-hybridized carbons (Fsp3) is 0.400. The fourth-order valence-corrected chi connectivity index (χ4v) is 1.44. The number of halogens is 2. The van der Waals surface area contributed by atoms with Gasteiger partial charge in [-0.2, -0.15) is 0 Å². The minimum absolute atomic E-state index is 0.0355. The van der Waals surface area contributed by atoms with Crippen LogP contribution in [0, 0.1) is 0 Å². The van der Waals surface area contributed by atoms with Crippen LogP contribution in [0.2, 0.25) is 10.3 Å². The first-order valence-electron chi connectivity index (χ1n) is 5.12. The Morgan fingerprint density at radius 2 is 2.11 bits per heavy atom. The van der Waals surface area contributed by atoms with Gasteiger partial charge in [0.2, 0.25) is 0 Å². The van der Waals surface area contributed by atoms with Crippen LogP contribution in [0.3, 0.4) is 0 Å². The van der Waals surface area contributed by atoms with Gasteiger partial charge in [-0.05, 0) is 19.9 Å². The Bertz CT molecular complexity index is 468. The van der Waals surface area contributed by atoms with Gasteiger partial charge >= 0.3 is 5.97 Å². The number of nitrogens with zero attached hydrogens (tertiary/aromatic N) is 2. The standard InChI is InChI=1S/C10H11Cl2N3O3/c1-3-18-10(17)5(2)13-9(16)6-4-7(11)14-15-8(6)12/h4-5H,3H2,1-2H3,(H,13,16). The molecular weight excluding hydrogens is 281 g/mol. The molecule has 98 valence electrons. The Morgan fingerprint density at radius 1 is 1.44 bits per heavy atom. The van der Waals surface area contributed by atoms with Crippen molar-refractivity contribution >= 4 is 35.1 Å². The van der Waals surface area contributed by atoms with E-state index in [0.717, 1.165) is 0 Å². The van der Waals surface area contributed by atoms with E-state index in [1.807, 2.05) is 0 Å². The summed E-state index contributed by atoms with van der Waals surface area (Å²) in [6, 6.07) is 0.477. The molecule has 1 amide bonds. The van der Waals surface area contributed by atoms with E-state index in [1.165, 1.54) is 13.0 Å². The maximum absolute atomic E-state index is 11.8. The van der Waals surface area contributed by atoms with Crippen LogP contribution < -0.4 is 5.32 Å². The molecule has 1 aromatic heterocycles. The summed E-state index contributed by atoms with van der Waals surface area (Å²) in [4.78, 5) is 23.1. The Labute approximate surface area is 114 Å². The molecule has 1 N–H and O–H groups in total. The number of hydrogen-bond donors (Lipinski definition) is 1. The first-order chi connectivity index (χ1) is 8.45. The van der Waals surface area contributed by atoms with Crippen molar-refractivity contribution in [2.75, 3.05) is 6.61 Å². The van der Waals surface area contributed by atoms with Crippen LogP contribution in [0.4, 0.5) is 0 Å². The molecule has 0 bridgehead atoms. The number of rotatable bonds is 4. The predicted octanol–water partition coefficient (Wildman–Crippen LogP) is 1.46. The maximum Gasteiger partial charge on any atom is 0.328 e. The molecule has 1 unspecified atom stereocenters. The summed E-state index contributed by atoms with van der Waals surface area (Å²) in [7, 11) is 0. The quantitative estimate of drug-likeness (QED) is 0.850. The van der Waals surface area contributed by atoms with Gasteiger partial charge in [-0.15, -0.1) is 10.2 Å². The van der Waals surface area contributed by atoms with Crippen molar-refractivity contribution in [2.24, 2.45) is 0 Å². The Kier molecular flexibility index (Phi) is 5.30. The third-order valence-electron chi connectivity index (χ3n) is 1.95. The third-order valence-corrected chi connectivity index (χ3v) is 2.42. The Balaban J connectivity index is 2.76. The summed E-state index contributed by atoms with van der Waals surface area (Å²) < 4.78 is 4.75. The van der Waals surface area contributed by atoms with Gasteiger partial charge in [0.15, 0.2) is 10.3 Å². The van der Waals surface area contributed by atoms with Gasteiger partial charge in [0, 0.05) is 0 Å². The van der Waals surface area contributed by atoms with Gasteiger partial charge in [-0.1, -0.05) is 23.2 Å². The van der Waals surface area contributed by atoms with E-state index in [2.05, 4.69) is 15.5 Å². The van der Waals surface area contributed by atoms with Crippen molar-refractivity contribution < 1.29 is 14.3 Å². The largest absolute Gasteiger partial charge is 0.464 e. The van der Waals surface area contributed by atoms with Crippen molar-refractivity contribution in [1.29, 1.82) is 0 Å². The van der Waals surface area contributed by atoms with Crippen LogP contribution in [0.5, 0.6) is 0 Å². The van der Waals surface area contributed by atoms with Crippen molar-refractivity contribution in [1.82, 2.24) is 15.5 Å². The van der Waals surface area contributed by atoms with Crippen molar-refractivity contribution in [2.45, 2.75) is 19.9 Å². The first-order valence-corrected chi connectivity index (χ1v) is 5.87. The fourth-order valence-electron chi connectivity index (χ4n) is 1.11. The van der Waals surface area contributed by atoms with E-state index in [4.69, 9.17) is 27.9 Å². The van der Waals surface area contributed by atoms with Gasteiger partial charge in [0.1, 0.15) is 6.04 Å². The van der Waals surface area contributed by atoms with Crippen LogP contribution in [-0.2, 0) is 9.53 Å². The lowest BCUT2D eigenvalue weighted by molar-refractivity contribution is -0.144. The molecule has 0 aliphatic carbocycles. The van der Waals surface area contributed by atoms with Crippen LogP contribution in [0.15, 0.2) is 6.07 Å². The molecule has 1 aromatic rings. The van der Waals surface area contributed by atoms with Gasteiger partial charge < -0.3 is 10.1 Å². The number of ether oxygens (including phenoxy) is 1. The highest BCUT2D eigenvalue weighted by Crippen LogP contribution is 2.15. The van der Waals surface area contributed by atoms with Crippen molar-refractivity contribution in [3.63, 3.8) is 0 Å². The lowest BCUT2D eigenvalue weighted by atomic mass is 10.2. The molecule has 0 saturated carbocycles.